The van der Waals surface area contributed by atoms with Gasteiger partial charge in [0.1, 0.15) is 6.04 Å². The van der Waals surface area contributed by atoms with Crippen LogP contribution >= 0.6 is 0 Å². The zero-order valence-corrected chi connectivity index (χ0v) is 10.7. The van der Waals surface area contributed by atoms with Gasteiger partial charge in [0.15, 0.2) is 0 Å². The van der Waals surface area contributed by atoms with Crippen LogP contribution in [0.25, 0.3) is 0 Å². The second kappa shape index (κ2) is 5.19. The van der Waals surface area contributed by atoms with Crippen molar-refractivity contribution in [3.05, 3.63) is 29.8 Å². The summed E-state index contributed by atoms with van der Waals surface area (Å²) in [5.41, 5.74) is 13.0. The maximum Gasteiger partial charge on any atom is 0.236 e. The molecule has 0 bridgehead atoms. The van der Waals surface area contributed by atoms with Gasteiger partial charge in [0, 0.05) is 12.2 Å². The molecule has 0 aliphatic carbocycles. The molecule has 94 valence electrons. The first-order valence-corrected chi connectivity index (χ1v) is 5.70. The molecule has 0 aromatic heterocycles. The van der Waals surface area contributed by atoms with Crippen LogP contribution in [-0.4, -0.2) is 18.5 Å². The highest BCUT2D eigenvalue weighted by atomic mass is 16.1. The van der Waals surface area contributed by atoms with E-state index >= 15 is 0 Å². The topological polar surface area (TPSA) is 81.1 Å². The zero-order valence-electron chi connectivity index (χ0n) is 10.7. The molecule has 0 saturated heterocycles. The fourth-order valence-corrected chi connectivity index (χ4v) is 1.42. The van der Waals surface area contributed by atoms with Gasteiger partial charge in [-0.1, -0.05) is 32.9 Å². The van der Waals surface area contributed by atoms with Gasteiger partial charge in [-0.25, -0.2) is 0 Å². The minimum absolute atomic E-state index is 0.141. The molecule has 0 saturated carbocycles. The molecule has 4 heteroatoms. The number of benzene rings is 1. The Bertz CT molecular complexity index is 379. The molecule has 0 spiro atoms. The van der Waals surface area contributed by atoms with Gasteiger partial charge < -0.3 is 16.8 Å². The Hall–Kier alpha value is -1.55. The van der Waals surface area contributed by atoms with Crippen molar-refractivity contribution in [2.45, 2.75) is 32.2 Å². The molecule has 0 heterocycles. The predicted molar refractivity (Wildman–Crippen MR) is 70.8 cm³/mol. The van der Waals surface area contributed by atoms with Crippen molar-refractivity contribution in [3.63, 3.8) is 0 Å². The van der Waals surface area contributed by atoms with Crippen LogP contribution in [0.2, 0.25) is 0 Å². The Balaban J connectivity index is 2.60. The lowest BCUT2D eigenvalue weighted by atomic mass is 9.87. The SMILES string of the molecule is CC(C)(C)c1ccc(NCC(N)C(N)=O)cc1. The Labute approximate surface area is 102 Å². The van der Waals surface area contributed by atoms with Crippen molar-refractivity contribution in [1.29, 1.82) is 0 Å². The molecule has 0 radical (unpaired) electrons. The summed E-state index contributed by atoms with van der Waals surface area (Å²) >= 11 is 0. The first kappa shape index (κ1) is 13.5. The second-order valence-electron chi connectivity index (χ2n) is 5.22. The van der Waals surface area contributed by atoms with Gasteiger partial charge in [-0.2, -0.15) is 0 Å². The second-order valence-corrected chi connectivity index (χ2v) is 5.22. The summed E-state index contributed by atoms with van der Waals surface area (Å²) in [5, 5.41) is 3.08. The third-order valence-corrected chi connectivity index (χ3v) is 2.64. The van der Waals surface area contributed by atoms with E-state index in [1.807, 2.05) is 12.1 Å². The van der Waals surface area contributed by atoms with Crippen molar-refractivity contribution in [3.8, 4) is 0 Å². The van der Waals surface area contributed by atoms with E-state index in [1.54, 1.807) is 0 Å². The summed E-state index contributed by atoms with van der Waals surface area (Å²) in [4.78, 5) is 10.8. The molecule has 17 heavy (non-hydrogen) atoms. The average Bonchev–Trinajstić information content (AvgIpc) is 2.25. The number of hydrogen-bond donors (Lipinski definition) is 3. The van der Waals surface area contributed by atoms with Crippen LogP contribution in [0.4, 0.5) is 5.69 Å². The smallest absolute Gasteiger partial charge is 0.236 e. The summed E-state index contributed by atoms with van der Waals surface area (Å²) < 4.78 is 0. The molecule has 0 fully saturated rings. The van der Waals surface area contributed by atoms with Crippen molar-refractivity contribution in [2.75, 3.05) is 11.9 Å². The lowest BCUT2D eigenvalue weighted by Gasteiger charge is -2.19. The van der Waals surface area contributed by atoms with Crippen molar-refractivity contribution in [2.24, 2.45) is 11.5 Å². The molecule has 1 amide bonds. The van der Waals surface area contributed by atoms with Gasteiger partial charge >= 0.3 is 0 Å². The van der Waals surface area contributed by atoms with Crippen molar-refractivity contribution >= 4 is 11.6 Å². The standard InChI is InChI=1S/C13H21N3O/c1-13(2,3)9-4-6-10(7-5-9)16-8-11(14)12(15)17/h4-7,11,16H,8,14H2,1-3H3,(H2,15,17). The molecule has 1 aromatic rings. The number of primary amides is 1. The van der Waals surface area contributed by atoms with E-state index in [4.69, 9.17) is 11.5 Å². The van der Waals surface area contributed by atoms with E-state index in [-0.39, 0.29) is 5.41 Å². The van der Waals surface area contributed by atoms with Gasteiger partial charge in [-0.3, -0.25) is 4.79 Å². The lowest BCUT2D eigenvalue weighted by molar-refractivity contribution is -0.118. The first-order chi connectivity index (χ1) is 7.80. The maximum atomic E-state index is 10.8. The number of hydrogen-bond acceptors (Lipinski definition) is 3. The van der Waals surface area contributed by atoms with Gasteiger partial charge in [-0.15, -0.1) is 0 Å². The molecule has 1 unspecified atom stereocenters. The number of nitrogens with two attached hydrogens (primary N) is 2. The Morgan fingerprint density at radius 1 is 1.29 bits per heavy atom. The van der Waals surface area contributed by atoms with Crippen molar-refractivity contribution < 1.29 is 4.79 Å². The number of carbonyl (C=O) groups is 1. The Morgan fingerprint density at radius 2 is 1.82 bits per heavy atom. The van der Waals surface area contributed by atoms with Crippen LogP contribution in [0.5, 0.6) is 0 Å². The molecule has 4 nitrogen and oxygen atoms in total. The molecular weight excluding hydrogens is 214 g/mol. The van der Waals surface area contributed by atoms with Crippen LogP contribution in [-0.2, 0) is 10.2 Å². The number of nitrogens with one attached hydrogen (secondary N) is 1. The third kappa shape index (κ3) is 4.07. The van der Waals surface area contributed by atoms with E-state index in [1.165, 1.54) is 5.56 Å². The van der Waals surface area contributed by atoms with Crippen LogP contribution in [0.15, 0.2) is 24.3 Å². The van der Waals surface area contributed by atoms with Crippen LogP contribution in [0.1, 0.15) is 26.3 Å². The number of rotatable bonds is 4. The van der Waals surface area contributed by atoms with E-state index in [0.717, 1.165) is 5.69 Å². The van der Waals surface area contributed by atoms with Crippen LogP contribution in [0.3, 0.4) is 0 Å². The summed E-state index contributed by atoms with van der Waals surface area (Å²) in [7, 11) is 0. The molecule has 0 aliphatic rings. The van der Waals surface area contributed by atoms with Gasteiger partial charge in [-0.05, 0) is 23.1 Å². The lowest BCUT2D eigenvalue weighted by Crippen LogP contribution is -2.41. The minimum Gasteiger partial charge on any atom is -0.383 e. The largest absolute Gasteiger partial charge is 0.383 e. The average molecular weight is 235 g/mol. The summed E-state index contributed by atoms with van der Waals surface area (Å²) in [6.07, 6.45) is 0. The van der Waals surface area contributed by atoms with Gasteiger partial charge in [0.05, 0.1) is 0 Å². The Kier molecular flexibility index (Phi) is 4.12. The molecule has 0 aliphatic heterocycles. The van der Waals surface area contributed by atoms with Crippen molar-refractivity contribution in [1.82, 2.24) is 0 Å². The summed E-state index contributed by atoms with van der Waals surface area (Å²) in [5.74, 6) is -0.496. The predicted octanol–water partition coefficient (Wildman–Crippen LogP) is 1.21. The fourth-order valence-electron chi connectivity index (χ4n) is 1.42. The highest BCUT2D eigenvalue weighted by molar-refractivity contribution is 5.80. The van der Waals surface area contributed by atoms with E-state index in [2.05, 4.69) is 38.2 Å². The van der Waals surface area contributed by atoms with Gasteiger partial charge in [0.2, 0.25) is 5.91 Å². The summed E-state index contributed by atoms with van der Waals surface area (Å²) in [6, 6.07) is 7.44. The maximum absolute atomic E-state index is 10.8. The quantitative estimate of drug-likeness (QED) is 0.733. The third-order valence-electron chi connectivity index (χ3n) is 2.64. The number of anilines is 1. The number of carbonyl (C=O) groups excluding carboxylic acids is 1. The normalized spacial score (nSPS) is 13.2. The molecule has 1 rings (SSSR count). The Morgan fingerprint density at radius 3 is 2.24 bits per heavy atom. The van der Waals surface area contributed by atoms with E-state index < -0.39 is 11.9 Å². The zero-order chi connectivity index (χ0) is 13.1. The number of amides is 1. The van der Waals surface area contributed by atoms with Gasteiger partial charge in [0.25, 0.3) is 0 Å². The van der Waals surface area contributed by atoms with E-state index in [0.29, 0.717) is 6.54 Å². The highest BCUT2D eigenvalue weighted by Crippen LogP contribution is 2.23. The summed E-state index contributed by atoms with van der Waals surface area (Å²) in [6.45, 7) is 6.85. The van der Waals surface area contributed by atoms with Crippen LogP contribution in [0, 0.1) is 0 Å². The first-order valence-electron chi connectivity index (χ1n) is 5.70. The molecule has 1 atom stereocenters. The van der Waals surface area contributed by atoms with E-state index in [9.17, 15) is 4.79 Å². The minimum atomic E-state index is -0.655. The molecule has 5 N–H and O–H groups in total. The molecule has 1 aromatic carbocycles. The van der Waals surface area contributed by atoms with Crippen LogP contribution < -0.4 is 16.8 Å². The highest BCUT2D eigenvalue weighted by Gasteiger charge is 2.13. The fraction of sp³-hybridized carbons (Fsp3) is 0.462. The monoisotopic (exact) mass is 235 g/mol. The molecular formula is C13H21N3O.